The summed E-state index contributed by atoms with van der Waals surface area (Å²) in [6.07, 6.45) is 1.03. The van der Waals surface area contributed by atoms with Crippen molar-refractivity contribution in [1.82, 2.24) is 19.3 Å². The predicted octanol–water partition coefficient (Wildman–Crippen LogP) is 3.39. The van der Waals surface area contributed by atoms with E-state index in [1.165, 1.54) is 5.56 Å². The first kappa shape index (κ1) is 21.9. The lowest BCUT2D eigenvalue weighted by Gasteiger charge is -2.33. The summed E-state index contributed by atoms with van der Waals surface area (Å²) < 4.78 is 32.9. The Morgan fingerprint density at radius 1 is 1.10 bits per heavy atom. The Morgan fingerprint density at radius 3 is 2.24 bits per heavy atom. The number of rotatable bonds is 6. The van der Waals surface area contributed by atoms with Gasteiger partial charge in [0, 0.05) is 31.6 Å². The highest BCUT2D eigenvalue weighted by atomic mass is 32.2. The Balaban J connectivity index is 1.60. The van der Waals surface area contributed by atoms with Crippen molar-refractivity contribution in [2.24, 2.45) is 0 Å². The molecule has 1 fully saturated rings. The molecule has 1 aromatic carbocycles. The van der Waals surface area contributed by atoms with Crippen molar-refractivity contribution in [2.45, 2.75) is 63.8 Å². The van der Waals surface area contributed by atoms with E-state index in [-0.39, 0.29) is 5.41 Å². The Labute approximate surface area is 174 Å². The minimum absolute atomic E-state index is 0.178. The maximum Gasteiger partial charge on any atom is 0.243 e. The molecule has 1 aliphatic heterocycles. The molecule has 1 saturated heterocycles. The second-order valence-corrected chi connectivity index (χ2v) is 10.8. The zero-order valence-electron chi connectivity index (χ0n) is 18.1. The first-order chi connectivity index (χ1) is 13.6. The number of hydrogen-bond acceptors (Lipinski definition) is 6. The zero-order valence-corrected chi connectivity index (χ0v) is 18.9. The molecule has 1 atom stereocenters. The van der Waals surface area contributed by atoms with Crippen LogP contribution in [0.25, 0.3) is 0 Å². The molecule has 0 spiro atoms. The minimum Gasteiger partial charge on any atom is -0.339 e. The van der Waals surface area contributed by atoms with Crippen LogP contribution in [0, 0.1) is 0 Å². The quantitative estimate of drug-likeness (QED) is 0.713. The molecule has 0 aliphatic carbocycles. The molecule has 8 heteroatoms. The molecule has 7 nitrogen and oxygen atoms in total. The van der Waals surface area contributed by atoms with Crippen molar-refractivity contribution in [1.29, 1.82) is 0 Å². The average Bonchev–Trinajstić information content (AvgIpc) is 3.17. The molecule has 160 valence electrons. The van der Waals surface area contributed by atoms with Gasteiger partial charge in [0.05, 0.1) is 11.4 Å². The highest BCUT2D eigenvalue weighted by Crippen LogP contribution is 2.24. The van der Waals surface area contributed by atoms with Gasteiger partial charge < -0.3 is 4.52 Å². The number of nitrogens with zero attached hydrogens (tertiary/aromatic N) is 4. The van der Waals surface area contributed by atoms with Crippen molar-refractivity contribution in [2.75, 3.05) is 26.2 Å². The molecular formula is C21H32N4O3S. The summed E-state index contributed by atoms with van der Waals surface area (Å²) >= 11 is 0. The summed E-state index contributed by atoms with van der Waals surface area (Å²) in [5.41, 5.74) is 0.994. The lowest BCUT2D eigenvalue weighted by molar-refractivity contribution is 0.176. The molecule has 1 unspecified atom stereocenters. The van der Waals surface area contributed by atoms with Gasteiger partial charge in [-0.2, -0.15) is 9.29 Å². The number of benzene rings is 1. The van der Waals surface area contributed by atoms with E-state index in [2.05, 4.69) is 28.9 Å². The second-order valence-electron chi connectivity index (χ2n) is 8.82. The first-order valence-corrected chi connectivity index (χ1v) is 11.7. The Bertz CT molecular complexity index is 908. The highest BCUT2D eigenvalue weighted by Gasteiger charge is 2.29. The molecule has 0 bridgehead atoms. The monoisotopic (exact) mass is 420 g/mol. The Hall–Kier alpha value is -1.77. The lowest BCUT2D eigenvalue weighted by atomic mass is 9.97. The van der Waals surface area contributed by atoms with Gasteiger partial charge in [0.2, 0.25) is 15.9 Å². The summed E-state index contributed by atoms with van der Waals surface area (Å²) in [7, 11) is -3.47. The van der Waals surface area contributed by atoms with Crippen molar-refractivity contribution < 1.29 is 12.9 Å². The fraction of sp³-hybridized carbons (Fsp3) is 0.619. The molecule has 0 saturated carbocycles. The normalized spacial score (nSPS) is 18.1. The van der Waals surface area contributed by atoms with Gasteiger partial charge in [-0.25, -0.2) is 8.42 Å². The number of sulfonamides is 1. The third-order valence-electron chi connectivity index (χ3n) is 5.51. The number of piperazine rings is 1. The number of aromatic nitrogens is 2. The van der Waals surface area contributed by atoms with E-state index in [0.717, 1.165) is 6.42 Å². The van der Waals surface area contributed by atoms with Crippen LogP contribution in [0.3, 0.4) is 0 Å². The predicted molar refractivity (Wildman–Crippen MR) is 112 cm³/mol. The van der Waals surface area contributed by atoms with Crippen molar-refractivity contribution in [3.63, 3.8) is 0 Å². The first-order valence-electron chi connectivity index (χ1n) is 10.3. The zero-order chi connectivity index (χ0) is 21.2. The molecule has 1 aromatic heterocycles. The molecule has 29 heavy (non-hydrogen) atoms. The van der Waals surface area contributed by atoms with E-state index in [1.807, 2.05) is 32.9 Å². The molecule has 0 amide bonds. The summed E-state index contributed by atoms with van der Waals surface area (Å²) in [4.78, 5) is 7.00. The molecule has 3 rings (SSSR count). The molecule has 0 radical (unpaired) electrons. The third-order valence-corrected chi connectivity index (χ3v) is 7.42. The summed E-state index contributed by atoms with van der Waals surface area (Å²) in [5.74, 6) is 1.70. The van der Waals surface area contributed by atoms with Gasteiger partial charge in [0.25, 0.3) is 0 Å². The van der Waals surface area contributed by atoms with Gasteiger partial charge >= 0.3 is 0 Å². The summed E-state index contributed by atoms with van der Waals surface area (Å²) in [6, 6.07) is 7.33. The van der Waals surface area contributed by atoms with E-state index >= 15 is 0 Å². The van der Waals surface area contributed by atoms with Crippen LogP contribution in [-0.2, 0) is 22.0 Å². The summed E-state index contributed by atoms with van der Waals surface area (Å²) in [5, 5.41) is 4.06. The van der Waals surface area contributed by atoms with Gasteiger partial charge in [-0.1, -0.05) is 51.9 Å². The smallest absolute Gasteiger partial charge is 0.243 e. The van der Waals surface area contributed by atoms with Crippen LogP contribution >= 0.6 is 0 Å². The van der Waals surface area contributed by atoms with Crippen LogP contribution in [0.2, 0.25) is 0 Å². The van der Waals surface area contributed by atoms with Crippen LogP contribution in [0.4, 0.5) is 0 Å². The highest BCUT2D eigenvalue weighted by molar-refractivity contribution is 7.89. The van der Waals surface area contributed by atoms with Crippen LogP contribution in [0.15, 0.2) is 33.7 Å². The van der Waals surface area contributed by atoms with Crippen LogP contribution < -0.4 is 0 Å². The standard InChI is InChI=1S/C21H32N4O3S/c1-6-16(2)17-7-9-18(10-8-17)29(26,27)25-13-11-24(12-14-25)15-19-22-20(28-23-19)21(3,4)5/h7-10,16H,6,11-15H2,1-5H3. The third kappa shape index (κ3) is 5.05. The number of hydrogen-bond donors (Lipinski definition) is 0. The van der Waals surface area contributed by atoms with Gasteiger partial charge in [0.15, 0.2) is 5.82 Å². The molecular weight excluding hydrogens is 388 g/mol. The fourth-order valence-corrected chi connectivity index (χ4v) is 4.73. The SMILES string of the molecule is CCC(C)c1ccc(S(=O)(=O)N2CCN(Cc3noc(C(C)(C)C)n3)CC2)cc1. The summed E-state index contributed by atoms with van der Waals surface area (Å²) in [6.45, 7) is 13.1. The van der Waals surface area contributed by atoms with Crippen LogP contribution in [0.1, 0.15) is 64.2 Å². The van der Waals surface area contributed by atoms with Crippen molar-refractivity contribution in [3.05, 3.63) is 41.5 Å². The topological polar surface area (TPSA) is 79.5 Å². The fourth-order valence-electron chi connectivity index (χ4n) is 3.30. The molecule has 0 N–H and O–H groups in total. The molecule has 2 aromatic rings. The molecule has 2 heterocycles. The molecule has 1 aliphatic rings. The van der Waals surface area contributed by atoms with E-state index < -0.39 is 10.0 Å². The van der Waals surface area contributed by atoms with Crippen molar-refractivity contribution >= 4 is 10.0 Å². The lowest BCUT2D eigenvalue weighted by Crippen LogP contribution is -2.48. The van der Waals surface area contributed by atoms with Gasteiger partial charge in [0.1, 0.15) is 0 Å². The maximum absolute atomic E-state index is 13.0. The van der Waals surface area contributed by atoms with E-state index in [0.29, 0.717) is 55.3 Å². The van der Waals surface area contributed by atoms with Crippen molar-refractivity contribution in [3.8, 4) is 0 Å². The second kappa shape index (κ2) is 8.53. The van der Waals surface area contributed by atoms with Gasteiger partial charge in [-0.3, -0.25) is 4.90 Å². The van der Waals surface area contributed by atoms with Crippen LogP contribution in [0.5, 0.6) is 0 Å². The Kier molecular flexibility index (Phi) is 6.45. The van der Waals surface area contributed by atoms with Gasteiger partial charge in [-0.05, 0) is 30.0 Å². The van der Waals surface area contributed by atoms with Gasteiger partial charge in [-0.15, -0.1) is 0 Å². The van der Waals surface area contributed by atoms with Crippen LogP contribution in [-0.4, -0.2) is 53.9 Å². The minimum atomic E-state index is -3.47. The van der Waals surface area contributed by atoms with E-state index in [4.69, 9.17) is 4.52 Å². The maximum atomic E-state index is 13.0. The van der Waals surface area contributed by atoms with E-state index in [9.17, 15) is 8.42 Å². The van der Waals surface area contributed by atoms with E-state index in [1.54, 1.807) is 16.4 Å². The Morgan fingerprint density at radius 2 is 1.72 bits per heavy atom. The largest absolute Gasteiger partial charge is 0.339 e. The average molecular weight is 421 g/mol.